The van der Waals surface area contributed by atoms with Gasteiger partial charge in [-0.1, -0.05) is 49.6 Å². The van der Waals surface area contributed by atoms with Crippen LogP contribution in [0, 0.1) is 0 Å². The number of rotatable bonds is 11. The minimum Gasteiger partial charge on any atom is -0.504 e. The Bertz CT molecular complexity index is 2450. The number of hydrogen-bond acceptors (Lipinski definition) is 10. The monoisotopic (exact) mass is 837 g/mol. The van der Waals surface area contributed by atoms with E-state index in [1.807, 2.05) is 30.3 Å². The minimum atomic E-state index is -0.193. The molecule has 0 unspecified atom stereocenters. The molecule has 5 aliphatic heterocycles. The van der Waals surface area contributed by atoms with Gasteiger partial charge in [0.1, 0.15) is 5.75 Å². The van der Waals surface area contributed by atoms with Crippen LogP contribution < -0.4 is 23.7 Å². The molecular formula is C51H55N3O8. The number of aromatic hydroxyl groups is 1. The first-order valence-electron chi connectivity index (χ1n) is 21.9. The zero-order valence-corrected chi connectivity index (χ0v) is 36.1. The Morgan fingerprint density at radius 2 is 1.35 bits per heavy atom. The first-order chi connectivity index (χ1) is 30.2. The summed E-state index contributed by atoms with van der Waals surface area (Å²) in [5.41, 5.74) is 7.61. The van der Waals surface area contributed by atoms with Crippen molar-refractivity contribution >= 4 is 11.8 Å². The van der Waals surface area contributed by atoms with Gasteiger partial charge in [-0.15, -0.1) is 0 Å². The third-order valence-corrected chi connectivity index (χ3v) is 13.1. The normalized spacial score (nSPS) is 18.3. The lowest BCUT2D eigenvalue weighted by Crippen LogP contribution is -2.34. The summed E-state index contributed by atoms with van der Waals surface area (Å²) >= 11 is 0. The van der Waals surface area contributed by atoms with E-state index < -0.39 is 0 Å². The van der Waals surface area contributed by atoms with Gasteiger partial charge in [0.25, 0.3) is 11.8 Å². The molecule has 322 valence electrons. The van der Waals surface area contributed by atoms with Gasteiger partial charge in [0.05, 0.1) is 32.0 Å². The highest BCUT2D eigenvalue weighted by atomic mass is 16.5. The molecule has 5 aromatic carbocycles. The molecule has 0 saturated carbocycles. The van der Waals surface area contributed by atoms with Crippen LogP contribution in [0.15, 0.2) is 84.9 Å². The van der Waals surface area contributed by atoms with E-state index in [1.165, 1.54) is 10.5 Å². The molecule has 10 rings (SSSR count). The van der Waals surface area contributed by atoms with E-state index in [0.717, 1.165) is 98.0 Å². The van der Waals surface area contributed by atoms with Crippen molar-refractivity contribution in [2.24, 2.45) is 0 Å². The van der Waals surface area contributed by atoms with E-state index in [-0.39, 0.29) is 29.6 Å². The molecule has 11 nitrogen and oxygen atoms in total. The Morgan fingerprint density at radius 3 is 2.10 bits per heavy atom. The van der Waals surface area contributed by atoms with Crippen molar-refractivity contribution in [2.75, 3.05) is 54.6 Å². The molecular weight excluding hydrogens is 783 g/mol. The van der Waals surface area contributed by atoms with Gasteiger partial charge in [-0.25, -0.2) is 0 Å². The predicted molar refractivity (Wildman–Crippen MR) is 237 cm³/mol. The van der Waals surface area contributed by atoms with Crippen molar-refractivity contribution in [3.63, 3.8) is 0 Å². The second-order valence-corrected chi connectivity index (χ2v) is 17.0. The molecule has 5 heterocycles. The number of nitrogens with zero attached hydrogens (tertiary/aromatic N) is 3. The highest BCUT2D eigenvalue weighted by Gasteiger charge is 2.36. The van der Waals surface area contributed by atoms with Crippen LogP contribution in [0.3, 0.4) is 0 Å². The van der Waals surface area contributed by atoms with Crippen molar-refractivity contribution in [1.29, 1.82) is 0 Å². The summed E-state index contributed by atoms with van der Waals surface area (Å²) in [5, 5.41) is 11.5. The average Bonchev–Trinajstić information content (AvgIpc) is 3.52. The number of imide groups is 1. The molecule has 0 aromatic heterocycles. The van der Waals surface area contributed by atoms with E-state index in [2.05, 4.69) is 54.2 Å². The Morgan fingerprint density at radius 1 is 0.677 bits per heavy atom. The maximum atomic E-state index is 12.7. The second kappa shape index (κ2) is 17.7. The largest absolute Gasteiger partial charge is 0.504 e. The van der Waals surface area contributed by atoms with E-state index in [9.17, 15) is 14.7 Å². The Kier molecular flexibility index (Phi) is 11.8. The average molecular weight is 838 g/mol. The molecule has 11 heteroatoms. The van der Waals surface area contributed by atoms with Gasteiger partial charge < -0.3 is 28.8 Å². The van der Waals surface area contributed by atoms with Gasteiger partial charge in [-0.05, 0) is 135 Å². The van der Waals surface area contributed by atoms with Crippen LogP contribution in [0.1, 0.15) is 98.3 Å². The standard InChI is InChI=1S/C51H55N3O8/c1-52-23-20-34-29-42(55)44-31-39(34)40(52)26-32-14-17-36(18-15-32)61-45-28-33(27-41-47-35(21-24-53(41)2)30-46(58-3)48(59-4)49(47)62-44)16-19-43(45)60-25-11-7-5-6-10-22-54-50(56)37-12-8-9-13-38(37)51(54)57/h8-9,12-19,28-31,40-41,55H,5-7,10-11,20-27H2,1-4H3/t40-,41+/m0/s1. The molecule has 0 radical (unpaired) electrons. The summed E-state index contributed by atoms with van der Waals surface area (Å²) in [6, 6.07) is 27.5. The maximum Gasteiger partial charge on any atom is 0.261 e. The molecule has 0 fully saturated rings. The van der Waals surface area contributed by atoms with Gasteiger partial charge in [0.2, 0.25) is 5.75 Å². The Balaban J connectivity index is 0.969. The van der Waals surface area contributed by atoms with Gasteiger partial charge in [-0.2, -0.15) is 0 Å². The van der Waals surface area contributed by atoms with E-state index in [0.29, 0.717) is 65.2 Å². The van der Waals surface area contributed by atoms with Crippen LogP contribution in [-0.2, 0) is 25.7 Å². The molecule has 0 saturated heterocycles. The van der Waals surface area contributed by atoms with Crippen LogP contribution >= 0.6 is 0 Å². The minimum absolute atomic E-state index is 0.0698. The predicted octanol–water partition coefficient (Wildman–Crippen LogP) is 9.48. The van der Waals surface area contributed by atoms with E-state index in [4.69, 9.17) is 23.7 Å². The number of fused-ring (bicyclic) bond motifs is 3. The summed E-state index contributed by atoms with van der Waals surface area (Å²) < 4.78 is 31.9. The van der Waals surface area contributed by atoms with Gasteiger partial charge in [0.15, 0.2) is 34.5 Å². The Labute approximate surface area is 363 Å². The zero-order valence-electron chi connectivity index (χ0n) is 36.1. The van der Waals surface area contributed by atoms with Crippen molar-refractivity contribution < 1.29 is 38.4 Å². The summed E-state index contributed by atoms with van der Waals surface area (Å²) in [7, 11) is 7.56. The number of phenols is 1. The van der Waals surface area contributed by atoms with E-state index >= 15 is 0 Å². The molecule has 62 heavy (non-hydrogen) atoms. The molecule has 0 spiro atoms. The zero-order chi connectivity index (χ0) is 42.9. The molecule has 1 N–H and O–H groups in total. The fourth-order valence-electron chi connectivity index (χ4n) is 9.60. The topological polar surface area (TPSA) is 110 Å². The first kappa shape index (κ1) is 41.3. The number of carbonyl (C=O) groups excluding carboxylic acids is 2. The maximum absolute atomic E-state index is 12.7. The van der Waals surface area contributed by atoms with Gasteiger partial charge in [0, 0.05) is 37.3 Å². The quantitative estimate of drug-likeness (QED) is 0.102. The van der Waals surface area contributed by atoms with Crippen LogP contribution in [0.2, 0.25) is 0 Å². The van der Waals surface area contributed by atoms with Crippen molar-refractivity contribution in [1.82, 2.24) is 14.7 Å². The number of carbonyl (C=O) groups is 2. The second-order valence-electron chi connectivity index (χ2n) is 17.0. The van der Waals surface area contributed by atoms with Crippen LogP contribution in [-0.4, -0.2) is 86.2 Å². The number of unbranched alkanes of at least 4 members (excludes halogenated alkanes) is 4. The number of likely N-dealkylation sites (N-methyl/N-ethyl adjacent to an activating group) is 2. The smallest absolute Gasteiger partial charge is 0.261 e. The molecule has 0 aliphatic carbocycles. The summed E-state index contributed by atoms with van der Waals surface area (Å²) in [6.07, 6.45) is 7.53. The van der Waals surface area contributed by atoms with Crippen LogP contribution in [0.5, 0.6) is 46.0 Å². The van der Waals surface area contributed by atoms with Crippen LogP contribution in [0.25, 0.3) is 0 Å². The number of ether oxygens (including phenoxy) is 5. The number of hydrogen-bond donors (Lipinski definition) is 1. The third kappa shape index (κ3) is 8.07. The highest BCUT2D eigenvalue weighted by molar-refractivity contribution is 6.21. The van der Waals surface area contributed by atoms with Gasteiger partial charge in [-0.3, -0.25) is 24.3 Å². The van der Waals surface area contributed by atoms with Gasteiger partial charge >= 0.3 is 0 Å². The SMILES string of the molecule is COc1cc2c3c(c1OC)Oc1cc4c(cc1O)CCN(C)[C@H]4Cc1ccc(cc1)Oc1cc(ccc1OCCCCCCCN1C(=O)c4ccccc4C1=O)C[C@H]3N(C)CC2. The lowest BCUT2D eigenvalue weighted by molar-refractivity contribution is 0.0651. The first-order valence-corrected chi connectivity index (χ1v) is 21.9. The number of amides is 2. The molecule has 5 aromatic rings. The molecule has 2 atom stereocenters. The lowest BCUT2D eigenvalue weighted by Gasteiger charge is -2.37. The fourth-order valence-corrected chi connectivity index (χ4v) is 9.60. The fraction of sp³-hybridized carbons (Fsp3) is 0.373. The van der Waals surface area contributed by atoms with Crippen molar-refractivity contribution in [3.8, 4) is 46.0 Å². The molecule has 6 bridgehead atoms. The summed E-state index contributed by atoms with van der Waals surface area (Å²) in [6.45, 7) is 2.68. The molecule has 2 amide bonds. The summed E-state index contributed by atoms with van der Waals surface area (Å²) in [4.78, 5) is 31.6. The Hall–Kier alpha value is -6.04. The number of methoxy groups -OCH3 is 2. The van der Waals surface area contributed by atoms with Crippen molar-refractivity contribution in [2.45, 2.75) is 69.9 Å². The van der Waals surface area contributed by atoms with E-state index in [1.54, 1.807) is 38.5 Å². The number of benzene rings is 5. The van der Waals surface area contributed by atoms with Crippen LogP contribution in [0.4, 0.5) is 0 Å². The third-order valence-electron chi connectivity index (χ3n) is 13.1. The molecule has 5 aliphatic rings. The van der Waals surface area contributed by atoms with Crippen molar-refractivity contribution in [3.05, 3.63) is 129 Å². The number of phenolic OH excluding ortho intramolecular Hbond substituents is 1. The summed E-state index contributed by atoms with van der Waals surface area (Å²) in [5.74, 6) is 3.78. The highest BCUT2D eigenvalue weighted by Crippen LogP contribution is 2.52. The lowest BCUT2D eigenvalue weighted by atomic mass is 9.87.